The van der Waals surface area contributed by atoms with Gasteiger partial charge in [0.15, 0.2) is 5.58 Å². The summed E-state index contributed by atoms with van der Waals surface area (Å²) in [4.78, 5) is 27.4. The second-order valence-corrected chi connectivity index (χ2v) is 7.39. The zero-order chi connectivity index (χ0) is 22.0. The normalized spacial score (nSPS) is 11.9. The van der Waals surface area contributed by atoms with Gasteiger partial charge in [-0.2, -0.15) is 0 Å². The van der Waals surface area contributed by atoms with Crippen LogP contribution in [0.4, 0.5) is 11.4 Å². The van der Waals surface area contributed by atoms with Gasteiger partial charge >= 0.3 is 0 Å². The van der Waals surface area contributed by atoms with Gasteiger partial charge in [-0.05, 0) is 60.4 Å². The van der Waals surface area contributed by atoms with Crippen molar-refractivity contribution in [2.24, 2.45) is 0 Å². The third kappa shape index (κ3) is 4.30. The molecule has 0 saturated carbocycles. The van der Waals surface area contributed by atoms with Gasteiger partial charge in [-0.3, -0.25) is 14.9 Å². The van der Waals surface area contributed by atoms with Crippen molar-refractivity contribution in [3.05, 3.63) is 88.0 Å². The molecule has 4 rings (SSSR count). The van der Waals surface area contributed by atoms with E-state index >= 15 is 0 Å². The number of nitro groups is 1. The lowest BCUT2D eigenvalue weighted by atomic mass is 9.98. The number of carbonyl (C=O) groups is 1. The van der Waals surface area contributed by atoms with Gasteiger partial charge in [-0.1, -0.05) is 26.0 Å². The number of hydrogen-bond donors (Lipinski definition) is 1. The zero-order valence-corrected chi connectivity index (χ0v) is 17.2. The molecule has 0 bridgehead atoms. The van der Waals surface area contributed by atoms with Crippen molar-refractivity contribution >= 4 is 28.4 Å². The Morgan fingerprint density at radius 3 is 2.61 bits per heavy atom. The van der Waals surface area contributed by atoms with Crippen molar-refractivity contribution in [3.8, 4) is 11.5 Å². The predicted octanol–water partition coefficient (Wildman–Crippen LogP) is 6.17. The highest BCUT2D eigenvalue weighted by molar-refractivity contribution is 6.04. The fourth-order valence-corrected chi connectivity index (χ4v) is 3.28. The molecule has 31 heavy (non-hydrogen) atoms. The Bertz CT molecular complexity index is 1260. The minimum Gasteiger partial charge on any atom is -0.436 e. The fraction of sp³-hybridized carbons (Fsp3) is 0.167. The van der Waals surface area contributed by atoms with Crippen LogP contribution in [-0.4, -0.2) is 15.8 Å². The highest BCUT2D eigenvalue weighted by atomic mass is 16.6. The Morgan fingerprint density at radius 2 is 1.90 bits per heavy atom. The van der Waals surface area contributed by atoms with Crippen molar-refractivity contribution in [3.63, 3.8) is 0 Å². The van der Waals surface area contributed by atoms with E-state index in [4.69, 9.17) is 4.42 Å². The maximum absolute atomic E-state index is 12.5. The minimum absolute atomic E-state index is 0.0639. The molecular weight excluding hydrogens is 394 g/mol. The van der Waals surface area contributed by atoms with Gasteiger partial charge in [-0.25, -0.2) is 4.98 Å². The molecule has 1 N–H and O–H groups in total. The van der Waals surface area contributed by atoms with E-state index in [1.165, 1.54) is 29.8 Å². The van der Waals surface area contributed by atoms with Crippen LogP contribution in [-0.2, 0) is 0 Å². The third-order valence-corrected chi connectivity index (χ3v) is 5.30. The van der Waals surface area contributed by atoms with Crippen molar-refractivity contribution in [1.82, 2.24) is 4.98 Å². The van der Waals surface area contributed by atoms with E-state index in [0.717, 1.165) is 17.5 Å². The molecule has 0 aliphatic carbocycles. The highest BCUT2D eigenvalue weighted by Gasteiger charge is 2.13. The molecule has 3 aromatic carbocycles. The predicted molar refractivity (Wildman–Crippen MR) is 119 cm³/mol. The molecule has 156 valence electrons. The summed E-state index contributed by atoms with van der Waals surface area (Å²) in [6.07, 6.45) is 1.05. The van der Waals surface area contributed by atoms with Gasteiger partial charge in [0, 0.05) is 28.9 Å². The van der Waals surface area contributed by atoms with Crippen LogP contribution in [0.3, 0.4) is 0 Å². The van der Waals surface area contributed by atoms with Crippen molar-refractivity contribution < 1.29 is 14.1 Å². The van der Waals surface area contributed by atoms with E-state index in [9.17, 15) is 14.9 Å². The molecule has 7 nitrogen and oxygen atoms in total. The average Bonchev–Trinajstić information content (AvgIpc) is 3.22. The first-order valence-electron chi connectivity index (χ1n) is 10.0. The third-order valence-electron chi connectivity index (χ3n) is 5.30. The smallest absolute Gasteiger partial charge is 0.269 e. The summed E-state index contributed by atoms with van der Waals surface area (Å²) in [5.74, 6) is 0.563. The van der Waals surface area contributed by atoms with Gasteiger partial charge in [0.2, 0.25) is 5.89 Å². The highest BCUT2D eigenvalue weighted by Crippen LogP contribution is 2.29. The lowest BCUT2D eigenvalue weighted by molar-refractivity contribution is -0.384. The van der Waals surface area contributed by atoms with Crippen LogP contribution in [0.5, 0.6) is 0 Å². The Kier molecular flexibility index (Phi) is 5.49. The first kappa shape index (κ1) is 20.3. The van der Waals surface area contributed by atoms with Crippen LogP contribution < -0.4 is 5.32 Å². The van der Waals surface area contributed by atoms with E-state index in [0.29, 0.717) is 28.6 Å². The van der Waals surface area contributed by atoms with Crippen LogP contribution in [0.25, 0.3) is 22.6 Å². The summed E-state index contributed by atoms with van der Waals surface area (Å²) in [6, 6.07) is 18.7. The number of oxazole rings is 1. The number of anilines is 1. The molecule has 1 aromatic heterocycles. The average molecular weight is 415 g/mol. The number of fused-ring (bicyclic) bond motifs is 1. The largest absolute Gasteiger partial charge is 0.436 e. The maximum Gasteiger partial charge on any atom is 0.269 e. The monoisotopic (exact) mass is 415 g/mol. The molecular formula is C24H21N3O4. The van der Waals surface area contributed by atoms with Crippen molar-refractivity contribution in [2.75, 3.05) is 5.32 Å². The zero-order valence-electron chi connectivity index (χ0n) is 17.2. The number of rotatable bonds is 6. The molecule has 1 atom stereocenters. The number of benzene rings is 3. The maximum atomic E-state index is 12.5. The standard InChI is InChI=1S/C24H21N3O4/c1-3-15(2)17-9-12-22-21(14-17)26-24(31-22)18-5-4-6-19(13-18)25-23(28)16-7-10-20(11-8-16)27(29)30/h4-15H,3H2,1-2H3,(H,25,28)/t15-/m0/s1. The van der Waals surface area contributed by atoms with E-state index in [2.05, 4.69) is 36.3 Å². The molecule has 1 amide bonds. The van der Waals surface area contributed by atoms with Crippen molar-refractivity contribution in [2.45, 2.75) is 26.2 Å². The van der Waals surface area contributed by atoms with Crippen LogP contribution in [0.15, 0.2) is 71.1 Å². The van der Waals surface area contributed by atoms with E-state index in [-0.39, 0.29) is 11.6 Å². The fourth-order valence-electron chi connectivity index (χ4n) is 3.28. The first-order chi connectivity index (χ1) is 14.9. The van der Waals surface area contributed by atoms with E-state index in [1.807, 2.05) is 12.1 Å². The Hall–Kier alpha value is -4.00. The van der Waals surface area contributed by atoms with E-state index in [1.54, 1.807) is 18.2 Å². The number of amides is 1. The van der Waals surface area contributed by atoms with Crippen LogP contribution >= 0.6 is 0 Å². The van der Waals surface area contributed by atoms with Crippen LogP contribution in [0, 0.1) is 10.1 Å². The number of nitro benzene ring substituents is 1. The molecule has 0 fully saturated rings. The second-order valence-electron chi connectivity index (χ2n) is 7.39. The second kappa shape index (κ2) is 8.39. The van der Waals surface area contributed by atoms with Gasteiger partial charge in [-0.15, -0.1) is 0 Å². The lowest BCUT2D eigenvalue weighted by Gasteiger charge is -2.07. The van der Waals surface area contributed by atoms with Crippen LogP contribution in [0.1, 0.15) is 42.1 Å². The summed E-state index contributed by atoms with van der Waals surface area (Å²) in [5, 5.41) is 13.6. The Labute approximate surface area is 178 Å². The number of aromatic nitrogens is 1. The first-order valence-corrected chi connectivity index (χ1v) is 10.0. The summed E-state index contributed by atoms with van der Waals surface area (Å²) >= 11 is 0. The summed E-state index contributed by atoms with van der Waals surface area (Å²) in [6.45, 7) is 4.33. The molecule has 0 aliphatic heterocycles. The Morgan fingerprint density at radius 1 is 1.13 bits per heavy atom. The Balaban J connectivity index is 1.56. The molecule has 4 aromatic rings. The number of carbonyl (C=O) groups excluding carboxylic acids is 1. The SMILES string of the molecule is CC[C@H](C)c1ccc2oc(-c3cccc(NC(=O)c4ccc([N+](=O)[O-])cc4)c3)nc2c1. The van der Waals surface area contributed by atoms with E-state index < -0.39 is 4.92 Å². The lowest BCUT2D eigenvalue weighted by Crippen LogP contribution is -2.11. The quantitative estimate of drug-likeness (QED) is 0.300. The van der Waals surface area contributed by atoms with Gasteiger partial charge in [0.25, 0.3) is 11.6 Å². The number of nitrogens with zero attached hydrogens (tertiary/aromatic N) is 2. The molecule has 0 saturated heterocycles. The van der Waals surface area contributed by atoms with Gasteiger partial charge in [0.05, 0.1) is 4.92 Å². The van der Waals surface area contributed by atoms with Crippen molar-refractivity contribution in [1.29, 1.82) is 0 Å². The topological polar surface area (TPSA) is 98.3 Å². The molecule has 0 aliphatic rings. The molecule has 1 heterocycles. The number of nitrogens with one attached hydrogen (secondary N) is 1. The molecule has 0 radical (unpaired) electrons. The van der Waals surface area contributed by atoms with Gasteiger partial charge < -0.3 is 9.73 Å². The number of non-ortho nitro benzene ring substituents is 1. The number of hydrogen-bond acceptors (Lipinski definition) is 5. The summed E-state index contributed by atoms with van der Waals surface area (Å²) in [5.41, 5.74) is 4.31. The molecule has 0 spiro atoms. The summed E-state index contributed by atoms with van der Waals surface area (Å²) < 4.78 is 5.92. The minimum atomic E-state index is -0.503. The molecule has 0 unspecified atom stereocenters. The van der Waals surface area contributed by atoms with Gasteiger partial charge in [0.1, 0.15) is 5.52 Å². The summed E-state index contributed by atoms with van der Waals surface area (Å²) in [7, 11) is 0. The van der Waals surface area contributed by atoms with Crippen LogP contribution in [0.2, 0.25) is 0 Å². The molecule has 7 heteroatoms.